The first-order chi connectivity index (χ1) is 20.2. The second-order valence-electron chi connectivity index (χ2n) is 10.8. The zero-order chi connectivity index (χ0) is 28.0. The number of aliphatic hydroxyl groups is 1. The van der Waals surface area contributed by atoms with E-state index in [9.17, 15) is 10.2 Å². The third kappa shape index (κ3) is 6.26. The number of benzene rings is 3. The smallest absolute Gasteiger partial charge is 0.164 e. The quantitative estimate of drug-likeness (QED) is 0.175. The molecule has 0 aliphatic heterocycles. The van der Waals surface area contributed by atoms with E-state index in [1.165, 1.54) is 36.8 Å². The van der Waals surface area contributed by atoms with Crippen LogP contribution in [0.25, 0.3) is 28.2 Å². The van der Waals surface area contributed by atoms with Crippen LogP contribution in [0.3, 0.4) is 0 Å². The Bertz CT molecular complexity index is 1570. The molecule has 210 valence electrons. The van der Waals surface area contributed by atoms with Crippen molar-refractivity contribution in [3.8, 4) is 28.6 Å². The lowest BCUT2D eigenvalue weighted by Crippen LogP contribution is -2.32. The Balaban J connectivity index is 1.17. The zero-order valence-electron chi connectivity index (χ0n) is 23.1. The largest absolute Gasteiger partial charge is 0.508 e. The summed E-state index contributed by atoms with van der Waals surface area (Å²) >= 11 is 0. The fourth-order valence-electron chi connectivity index (χ4n) is 5.72. The van der Waals surface area contributed by atoms with Gasteiger partial charge in [-0.2, -0.15) is 0 Å². The van der Waals surface area contributed by atoms with Crippen molar-refractivity contribution >= 4 is 11.2 Å². The number of fused-ring (bicyclic) bond motifs is 1. The van der Waals surface area contributed by atoms with Gasteiger partial charge in [0.2, 0.25) is 0 Å². The highest BCUT2D eigenvalue weighted by Gasteiger charge is 2.20. The summed E-state index contributed by atoms with van der Waals surface area (Å²) in [6.45, 7) is 1.27. The maximum absolute atomic E-state index is 10.4. The lowest BCUT2D eigenvalue weighted by molar-refractivity contribution is 0.106. The molecule has 5 aromatic rings. The Morgan fingerprint density at radius 2 is 1.71 bits per heavy atom. The van der Waals surface area contributed by atoms with Gasteiger partial charge in [0, 0.05) is 18.3 Å². The topological polar surface area (TPSA) is 92.4 Å². The minimum Gasteiger partial charge on any atom is -0.508 e. The van der Waals surface area contributed by atoms with Crippen LogP contribution in [0.2, 0.25) is 0 Å². The number of para-hydroxylation sites is 1. The lowest BCUT2D eigenvalue weighted by atomic mass is 9.96. The second-order valence-corrected chi connectivity index (χ2v) is 10.8. The number of nitrogens with zero attached hydrogens (tertiary/aromatic N) is 3. The average Bonchev–Trinajstić information content (AvgIpc) is 3.68. The molecule has 0 bridgehead atoms. The fraction of sp³-hybridized carbons (Fsp3) is 0.294. The molecule has 1 aliphatic rings. The molecule has 0 saturated heterocycles. The summed E-state index contributed by atoms with van der Waals surface area (Å²) in [5, 5.41) is 23.1. The Labute approximate surface area is 240 Å². The van der Waals surface area contributed by atoms with E-state index < -0.39 is 6.10 Å². The van der Waals surface area contributed by atoms with Gasteiger partial charge in [-0.05, 0) is 85.3 Å². The Morgan fingerprint density at radius 1 is 0.927 bits per heavy atom. The van der Waals surface area contributed by atoms with E-state index in [1.807, 2.05) is 18.3 Å². The molecule has 6 rings (SSSR count). The maximum Gasteiger partial charge on any atom is 0.164 e. The summed E-state index contributed by atoms with van der Waals surface area (Å²) in [4.78, 5) is 9.74. The zero-order valence-corrected chi connectivity index (χ0v) is 23.1. The molecule has 3 aromatic carbocycles. The highest BCUT2D eigenvalue weighted by molar-refractivity contribution is 5.80. The number of phenols is 1. The van der Waals surface area contributed by atoms with Crippen LogP contribution in [0, 0.1) is 0 Å². The van der Waals surface area contributed by atoms with Crippen molar-refractivity contribution in [1.82, 2.24) is 19.9 Å². The van der Waals surface area contributed by atoms with E-state index in [4.69, 9.17) is 14.7 Å². The molecule has 1 fully saturated rings. The number of nitrogens with one attached hydrogen (secondary N) is 1. The molecule has 2 heterocycles. The van der Waals surface area contributed by atoms with Gasteiger partial charge in [-0.25, -0.2) is 9.97 Å². The van der Waals surface area contributed by atoms with Crippen molar-refractivity contribution in [2.45, 2.75) is 44.1 Å². The van der Waals surface area contributed by atoms with Gasteiger partial charge in [0.05, 0.1) is 5.69 Å². The number of aliphatic hydroxyl groups excluding tert-OH is 1. The van der Waals surface area contributed by atoms with Crippen LogP contribution in [0.4, 0.5) is 0 Å². The Kier molecular flexibility index (Phi) is 8.26. The molecular formula is C34H36N4O3. The molecule has 7 heteroatoms. The summed E-state index contributed by atoms with van der Waals surface area (Å²) in [5.74, 6) is 2.36. The predicted octanol–water partition coefficient (Wildman–Crippen LogP) is 6.02. The first-order valence-corrected chi connectivity index (χ1v) is 14.5. The van der Waals surface area contributed by atoms with Crippen LogP contribution in [-0.2, 0) is 6.42 Å². The molecule has 0 amide bonds. The van der Waals surface area contributed by atoms with E-state index in [2.05, 4.69) is 58.4 Å². The van der Waals surface area contributed by atoms with Crippen molar-refractivity contribution in [1.29, 1.82) is 0 Å². The van der Waals surface area contributed by atoms with Gasteiger partial charge in [0.15, 0.2) is 5.65 Å². The van der Waals surface area contributed by atoms with Crippen molar-refractivity contribution in [3.05, 3.63) is 102 Å². The molecule has 0 radical (unpaired) electrons. The maximum atomic E-state index is 10.4. The summed E-state index contributed by atoms with van der Waals surface area (Å²) in [7, 11) is 0. The number of imidazole rings is 1. The molecule has 2 aromatic heterocycles. The predicted molar refractivity (Wildman–Crippen MR) is 162 cm³/mol. The normalized spacial score (nSPS) is 14.5. The Hall–Kier alpha value is -4.20. The molecule has 0 spiro atoms. The van der Waals surface area contributed by atoms with Crippen LogP contribution in [0.1, 0.15) is 42.7 Å². The average molecular weight is 549 g/mol. The van der Waals surface area contributed by atoms with E-state index in [1.54, 1.807) is 24.3 Å². The lowest BCUT2D eigenvalue weighted by Gasteiger charge is -2.16. The number of hydrogen-bond acceptors (Lipinski definition) is 6. The number of aromatic hydroxyl groups is 1. The molecule has 0 unspecified atom stereocenters. The molecule has 7 nitrogen and oxygen atoms in total. The Morgan fingerprint density at radius 3 is 2.51 bits per heavy atom. The van der Waals surface area contributed by atoms with Crippen molar-refractivity contribution < 1.29 is 14.9 Å². The van der Waals surface area contributed by atoms with Gasteiger partial charge in [-0.1, -0.05) is 55.3 Å². The van der Waals surface area contributed by atoms with Crippen LogP contribution in [0.5, 0.6) is 11.5 Å². The SMILES string of the molecule is Oc1ccc(OC[C@@H](O)CNCCc2ccccc2-n2c(-c3ccc(C4CCCC4)cc3)nc3cccnc32)cc1. The molecule has 1 aliphatic carbocycles. The van der Waals surface area contributed by atoms with Crippen LogP contribution >= 0.6 is 0 Å². The minimum absolute atomic E-state index is 0.171. The van der Waals surface area contributed by atoms with Gasteiger partial charge >= 0.3 is 0 Å². The number of phenolic OH excluding ortho intramolecular Hbond substituents is 1. The van der Waals surface area contributed by atoms with E-state index in [-0.39, 0.29) is 12.4 Å². The van der Waals surface area contributed by atoms with Crippen molar-refractivity contribution in [2.75, 3.05) is 19.7 Å². The third-order valence-electron chi connectivity index (χ3n) is 7.87. The van der Waals surface area contributed by atoms with E-state index in [0.29, 0.717) is 24.8 Å². The summed E-state index contributed by atoms with van der Waals surface area (Å²) in [6.07, 6.45) is 7.16. The first-order valence-electron chi connectivity index (χ1n) is 14.5. The van der Waals surface area contributed by atoms with Gasteiger partial charge < -0.3 is 20.3 Å². The number of rotatable bonds is 11. The number of hydrogen-bond donors (Lipinski definition) is 3. The number of pyridine rings is 1. The third-order valence-corrected chi connectivity index (χ3v) is 7.87. The molecule has 1 saturated carbocycles. The molecule has 41 heavy (non-hydrogen) atoms. The van der Waals surface area contributed by atoms with Gasteiger partial charge in [-0.15, -0.1) is 0 Å². The van der Waals surface area contributed by atoms with Gasteiger partial charge in [0.25, 0.3) is 0 Å². The standard InChI is InChI=1S/C34H36N4O3/c39-28-15-17-30(18-16-28)41-23-29(40)22-35-21-19-26-8-3-4-10-32(26)38-33(37-31-9-5-20-36-34(31)38)27-13-11-25(12-14-27)24-6-1-2-7-24/h3-5,8-18,20,24,29,35,39-40H,1-2,6-7,19,21-23H2/t29-/m0/s1. The highest BCUT2D eigenvalue weighted by Crippen LogP contribution is 2.36. The molecule has 3 N–H and O–H groups in total. The van der Waals surface area contributed by atoms with E-state index in [0.717, 1.165) is 34.7 Å². The van der Waals surface area contributed by atoms with Crippen molar-refractivity contribution in [3.63, 3.8) is 0 Å². The molecular weight excluding hydrogens is 512 g/mol. The number of aromatic nitrogens is 3. The number of ether oxygens (including phenoxy) is 1. The first kappa shape index (κ1) is 27.0. The van der Waals surface area contributed by atoms with Gasteiger partial charge in [-0.3, -0.25) is 4.57 Å². The summed E-state index contributed by atoms with van der Waals surface area (Å²) < 4.78 is 7.80. The van der Waals surface area contributed by atoms with Crippen LogP contribution in [-0.4, -0.2) is 50.5 Å². The monoisotopic (exact) mass is 548 g/mol. The summed E-state index contributed by atoms with van der Waals surface area (Å²) in [6, 6.07) is 27.8. The minimum atomic E-state index is -0.653. The van der Waals surface area contributed by atoms with Crippen LogP contribution < -0.4 is 10.1 Å². The van der Waals surface area contributed by atoms with Crippen molar-refractivity contribution in [2.24, 2.45) is 0 Å². The summed E-state index contributed by atoms with van der Waals surface area (Å²) in [5.41, 5.74) is 6.44. The van der Waals surface area contributed by atoms with Gasteiger partial charge in [0.1, 0.15) is 35.6 Å². The second kappa shape index (κ2) is 12.5. The van der Waals surface area contributed by atoms with E-state index >= 15 is 0 Å². The highest BCUT2D eigenvalue weighted by atomic mass is 16.5. The molecule has 1 atom stereocenters. The van der Waals surface area contributed by atoms with Crippen LogP contribution in [0.15, 0.2) is 91.1 Å². The fourth-order valence-corrected chi connectivity index (χ4v) is 5.72.